The predicted molar refractivity (Wildman–Crippen MR) is 557 cm³/mol. The van der Waals surface area contributed by atoms with E-state index in [9.17, 15) is 33.6 Å². The topological polar surface area (TPSA) is 175 Å². The molecule has 0 aromatic heterocycles. The van der Waals surface area contributed by atoms with Crippen molar-refractivity contribution >= 4 is 88.8 Å². The largest absolute Gasteiger partial charge is 0.466 e. The molecule has 0 heterocycles. The Morgan fingerprint density at radius 1 is 0.167 bits per heavy atom. The molecule has 13 nitrogen and oxygen atoms in total. The number of thioether (sulfide) groups is 3. The van der Waals surface area contributed by atoms with E-state index in [1.54, 1.807) is 35.3 Å². The highest BCUT2D eigenvalue weighted by atomic mass is 32.2. The fraction of sp³-hybridized carbons (Fsp3) is 0.936. The van der Waals surface area contributed by atoms with Gasteiger partial charge in [-0.25, -0.2) is 0 Å². The summed E-state index contributed by atoms with van der Waals surface area (Å²) in [5, 5.41) is -0.139. The van der Waals surface area contributed by atoms with Gasteiger partial charge in [0.15, 0.2) is 5.12 Å². The minimum atomic E-state index is -0.139. The minimum Gasteiger partial charge on any atom is -0.466 e. The van der Waals surface area contributed by atoms with E-state index in [-0.39, 0.29) is 48.4 Å². The third-order valence-electron chi connectivity index (χ3n) is 23.3. The van der Waals surface area contributed by atoms with E-state index >= 15 is 0 Å². The van der Waals surface area contributed by atoms with Crippen molar-refractivity contribution in [1.82, 2.24) is 0 Å². The van der Waals surface area contributed by atoms with Crippen molar-refractivity contribution < 1.29 is 62.0 Å². The first-order valence-electron chi connectivity index (χ1n) is 54.2. The summed E-state index contributed by atoms with van der Waals surface area (Å²) < 4.78 is 32.1. The molecule has 0 atom stereocenters. The van der Waals surface area contributed by atoms with Crippen LogP contribution >= 0.6 is 47.9 Å². The highest BCUT2D eigenvalue weighted by molar-refractivity contribution is 7.99. The van der Waals surface area contributed by atoms with Crippen LogP contribution in [0.1, 0.15) is 582 Å². The zero-order chi connectivity index (χ0) is 91.9. The zero-order valence-electron chi connectivity index (χ0n) is 83.9. The molecule has 0 aliphatic rings. The van der Waals surface area contributed by atoms with Gasteiger partial charge in [-0.05, 0) is 38.5 Å². The van der Waals surface area contributed by atoms with Crippen molar-refractivity contribution in [3.8, 4) is 0 Å². The van der Waals surface area contributed by atoms with Gasteiger partial charge in [-0.15, -0.1) is 12.6 Å². The molecule has 0 amide bonds. The molecule has 0 fully saturated rings. The number of hydrogen-bond donors (Lipinski definition) is 1. The van der Waals surface area contributed by atoms with Crippen LogP contribution in [-0.4, -0.2) is 115 Å². The standard InChI is InChI=1S/C42H82O4S.C34H66O4S.C30H58O4S.C2H4OS.CH4/c1-3-5-7-9-11-13-15-17-19-21-23-25-27-29-31-33-37-45-41(43)35-39-47-40-36-42(44)46-38-34-32-30-28-26-24-22-20-18-16-14-12-10-8-6-4-2;1-3-5-7-9-11-13-15-17-19-21-23-25-29-37-33(35)27-31-39-32-28-34(36)38-30-26-24-22-20-18-16-14-12-10-8-6-4-2;1-3-5-7-9-11-13-15-17-19-21-25-33-29(31)23-27-35-28-24-30(32)34-26-22-20-18-16-14-12-10-8-6-4-2;1-2(3)4;/h3-40H2,1-2H3;3-32H2,1-2H3;3-28H2,1-2H3;1H3,(H,3,4);1H4. The van der Waals surface area contributed by atoms with Gasteiger partial charge in [-0.1, -0.05) is 498 Å². The quantitative estimate of drug-likeness (QED) is 0.0263. The molecule has 0 N–H and O–H groups in total. The van der Waals surface area contributed by atoms with Crippen molar-refractivity contribution in [3.05, 3.63) is 0 Å². The molecule has 752 valence electrons. The molecule has 0 aliphatic heterocycles. The summed E-state index contributed by atoms with van der Waals surface area (Å²) in [5.41, 5.74) is 0. The number of unbranched alkanes of at least 4 members (excludes halogenated alkanes) is 70. The molecular formula is C109H214O13S4. The summed E-state index contributed by atoms with van der Waals surface area (Å²) in [7, 11) is 0. The van der Waals surface area contributed by atoms with E-state index < -0.39 is 0 Å². The van der Waals surface area contributed by atoms with Gasteiger partial charge < -0.3 is 28.4 Å². The van der Waals surface area contributed by atoms with Gasteiger partial charge in [0.25, 0.3) is 0 Å². The lowest BCUT2D eigenvalue weighted by molar-refractivity contribution is -0.144. The molecule has 0 saturated carbocycles. The normalized spacial score (nSPS) is 10.9. The van der Waals surface area contributed by atoms with Gasteiger partial charge in [0.05, 0.1) is 78.2 Å². The number of carbonyl (C=O) groups is 7. The van der Waals surface area contributed by atoms with Crippen LogP contribution in [0.5, 0.6) is 0 Å². The fourth-order valence-electron chi connectivity index (χ4n) is 15.2. The van der Waals surface area contributed by atoms with Crippen LogP contribution in [0.4, 0.5) is 0 Å². The highest BCUT2D eigenvalue weighted by Crippen LogP contribution is 2.21. The maximum Gasteiger partial charge on any atom is 0.306 e. The van der Waals surface area contributed by atoms with Crippen LogP contribution in [0.2, 0.25) is 0 Å². The second-order valence-electron chi connectivity index (χ2n) is 35.9. The minimum absolute atomic E-state index is 0. The van der Waals surface area contributed by atoms with E-state index in [1.807, 2.05) is 0 Å². The fourth-order valence-corrected chi connectivity index (χ4v) is 17.6. The second kappa shape index (κ2) is 123. The number of rotatable bonds is 100. The van der Waals surface area contributed by atoms with Crippen LogP contribution < -0.4 is 0 Å². The van der Waals surface area contributed by atoms with E-state index in [1.165, 1.54) is 418 Å². The molecule has 0 aromatic carbocycles. The Morgan fingerprint density at radius 3 is 0.333 bits per heavy atom. The van der Waals surface area contributed by atoms with Crippen molar-refractivity contribution in [2.45, 2.75) is 582 Å². The second-order valence-corrected chi connectivity index (χ2v) is 40.2. The molecule has 0 radical (unpaired) electrons. The summed E-state index contributed by atoms with van der Waals surface area (Å²) in [6.45, 7) is 18.3. The molecule has 0 aromatic rings. The van der Waals surface area contributed by atoms with Crippen molar-refractivity contribution in [3.63, 3.8) is 0 Å². The zero-order valence-corrected chi connectivity index (χ0v) is 87.3. The van der Waals surface area contributed by atoms with Crippen LogP contribution in [0, 0.1) is 0 Å². The van der Waals surface area contributed by atoms with E-state index in [2.05, 4.69) is 54.2 Å². The number of ether oxygens (including phenoxy) is 6. The van der Waals surface area contributed by atoms with Crippen molar-refractivity contribution in [2.24, 2.45) is 0 Å². The predicted octanol–water partition coefficient (Wildman–Crippen LogP) is 35.6. The highest BCUT2D eigenvalue weighted by Gasteiger charge is 2.11. The molecule has 0 saturated heterocycles. The first-order valence-corrected chi connectivity index (χ1v) is 58.1. The Morgan fingerprint density at radius 2 is 0.246 bits per heavy atom. The molecule has 0 bridgehead atoms. The summed E-state index contributed by atoms with van der Waals surface area (Å²) >= 11 is 8.23. The number of thiol groups is 1. The van der Waals surface area contributed by atoms with Crippen LogP contribution in [0.3, 0.4) is 0 Å². The lowest BCUT2D eigenvalue weighted by Crippen LogP contribution is -2.09. The lowest BCUT2D eigenvalue weighted by atomic mass is 10.0. The van der Waals surface area contributed by atoms with Gasteiger partial charge in [0.2, 0.25) is 0 Å². The Labute approximate surface area is 802 Å². The molecule has 0 aliphatic carbocycles. The molecule has 0 rings (SSSR count). The Balaban J connectivity index is -0.000000572. The first kappa shape index (κ1) is 132. The van der Waals surface area contributed by atoms with Gasteiger partial charge in [0.1, 0.15) is 0 Å². The lowest BCUT2D eigenvalue weighted by Gasteiger charge is -2.06. The van der Waals surface area contributed by atoms with Crippen LogP contribution in [0.25, 0.3) is 0 Å². The molecule has 17 heteroatoms. The van der Waals surface area contributed by atoms with E-state index in [0.29, 0.717) is 113 Å². The van der Waals surface area contributed by atoms with Crippen LogP contribution in [0.15, 0.2) is 0 Å². The summed E-state index contributed by atoms with van der Waals surface area (Å²) in [6.07, 6.45) is 103. The van der Waals surface area contributed by atoms with Crippen LogP contribution in [-0.2, 0) is 62.0 Å². The maximum absolute atomic E-state index is 12.0. The molecule has 126 heavy (non-hydrogen) atoms. The third-order valence-corrected chi connectivity index (χ3v) is 26.2. The number of carbonyl (C=O) groups excluding carboxylic acids is 7. The molecule has 0 spiro atoms. The Kier molecular flexibility index (Phi) is 129. The smallest absolute Gasteiger partial charge is 0.306 e. The van der Waals surface area contributed by atoms with Crippen molar-refractivity contribution in [2.75, 3.05) is 74.2 Å². The van der Waals surface area contributed by atoms with Gasteiger partial charge in [-0.2, -0.15) is 35.3 Å². The average Bonchev–Trinajstić information content (AvgIpc) is 1.03. The number of hydrogen-bond acceptors (Lipinski definition) is 16. The molecule has 0 unspecified atom stereocenters. The maximum atomic E-state index is 12.0. The number of esters is 6. The monoisotopic (exact) mass is 1860 g/mol. The summed E-state index contributed by atoms with van der Waals surface area (Å²) in [6, 6.07) is 0. The Hall–Kier alpha value is -2.11. The summed E-state index contributed by atoms with van der Waals surface area (Å²) in [5.74, 6) is 3.61. The first-order chi connectivity index (χ1) is 61.3. The summed E-state index contributed by atoms with van der Waals surface area (Å²) in [4.78, 5) is 80.6. The van der Waals surface area contributed by atoms with E-state index in [4.69, 9.17) is 28.4 Å². The molecular weight excluding hydrogens is 1650 g/mol. The van der Waals surface area contributed by atoms with Crippen molar-refractivity contribution in [1.29, 1.82) is 0 Å². The average molecular weight is 1860 g/mol. The van der Waals surface area contributed by atoms with Gasteiger partial charge in [-0.3, -0.25) is 33.6 Å². The SMILES string of the molecule is C.CC(=O)S.CCCCCCCCCCCCCCCCCCOC(=O)CCSCCC(=O)OCCCCCCCCCCCCCCCCCC.CCCCCCCCCCCCCCOC(=O)CCSCCC(=O)OCCCCCCCCCCCCCC.CCCCCCCCCCCCOC(=O)CCSCCC(=O)OCCCCCCCCCCCC. The van der Waals surface area contributed by atoms with Gasteiger partial charge >= 0.3 is 35.8 Å². The Bertz CT molecular complexity index is 2000. The third kappa shape index (κ3) is 133. The van der Waals surface area contributed by atoms with E-state index in [0.717, 1.165) is 77.0 Å². The van der Waals surface area contributed by atoms with Gasteiger partial charge in [0, 0.05) is 41.4 Å².